The van der Waals surface area contributed by atoms with E-state index in [1.54, 1.807) is 6.07 Å². The van der Waals surface area contributed by atoms with E-state index in [2.05, 4.69) is 0 Å². The Kier molecular flexibility index (Phi) is 5.19. The van der Waals surface area contributed by atoms with Crippen molar-refractivity contribution in [1.29, 1.82) is 0 Å². The average molecular weight is 399 g/mol. The summed E-state index contributed by atoms with van der Waals surface area (Å²) in [6.07, 6.45) is 1.41. The Morgan fingerprint density at radius 3 is 2.66 bits per heavy atom. The highest BCUT2D eigenvalue weighted by Gasteiger charge is 2.30. The summed E-state index contributed by atoms with van der Waals surface area (Å²) >= 11 is 0. The predicted molar refractivity (Wildman–Crippen MR) is 107 cm³/mol. The molecular weight excluding hydrogens is 377 g/mol. The monoisotopic (exact) mass is 399 g/mol. The first-order chi connectivity index (χ1) is 14.0. The molecule has 0 unspecified atom stereocenters. The normalized spacial score (nSPS) is 16.5. The summed E-state index contributed by atoms with van der Waals surface area (Å²) in [5, 5.41) is 11.3. The Morgan fingerprint density at radius 1 is 1.17 bits per heavy atom. The number of anilines is 2. The number of nitrogens with zero attached hydrogens (tertiary/aromatic N) is 3. The summed E-state index contributed by atoms with van der Waals surface area (Å²) in [6, 6.07) is 7.62. The zero-order valence-electron chi connectivity index (χ0n) is 16.2. The van der Waals surface area contributed by atoms with E-state index in [9.17, 15) is 19.3 Å². The molecular formula is C21H22FN3O4. The Hall–Kier alpha value is -3.00. The number of carbonyl (C=O) groups excluding carboxylic acids is 1. The molecule has 1 amide bonds. The highest BCUT2D eigenvalue weighted by atomic mass is 19.1. The number of aryl methyl sites for hydroxylation is 2. The molecule has 2 aromatic carbocycles. The van der Waals surface area contributed by atoms with Crippen molar-refractivity contribution < 1.29 is 18.8 Å². The molecule has 0 saturated carbocycles. The highest BCUT2D eigenvalue weighted by Crippen LogP contribution is 2.35. The molecule has 0 bridgehead atoms. The number of rotatable bonds is 3. The molecule has 7 nitrogen and oxygen atoms in total. The minimum Gasteiger partial charge on any atom is -0.378 e. The van der Waals surface area contributed by atoms with Crippen LogP contribution in [0.3, 0.4) is 0 Å². The van der Waals surface area contributed by atoms with Crippen LogP contribution in [0, 0.1) is 22.9 Å². The molecule has 0 aromatic heterocycles. The molecule has 4 rings (SSSR count). The van der Waals surface area contributed by atoms with Crippen molar-refractivity contribution >= 4 is 23.0 Å². The molecule has 0 N–H and O–H groups in total. The number of hydrogen-bond donors (Lipinski definition) is 0. The van der Waals surface area contributed by atoms with Crippen LogP contribution >= 0.6 is 0 Å². The van der Waals surface area contributed by atoms with Gasteiger partial charge < -0.3 is 14.5 Å². The predicted octanol–water partition coefficient (Wildman–Crippen LogP) is 3.47. The lowest BCUT2D eigenvalue weighted by atomic mass is 9.97. The number of non-ortho nitro benzene ring substituents is 1. The van der Waals surface area contributed by atoms with Gasteiger partial charge in [0.1, 0.15) is 5.82 Å². The van der Waals surface area contributed by atoms with Crippen molar-refractivity contribution in [3.8, 4) is 0 Å². The zero-order valence-corrected chi connectivity index (χ0v) is 16.2. The van der Waals surface area contributed by atoms with Gasteiger partial charge in [-0.25, -0.2) is 4.39 Å². The number of amides is 1. The van der Waals surface area contributed by atoms with Crippen LogP contribution in [0.5, 0.6) is 0 Å². The second-order valence-electron chi connectivity index (χ2n) is 7.37. The average Bonchev–Trinajstić information content (AvgIpc) is 2.72. The largest absolute Gasteiger partial charge is 0.378 e. The van der Waals surface area contributed by atoms with Crippen molar-refractivity contribution in [2.75, 3.05) is 42.6 Å². The van der Waals surface area contributed by atoms with Gasteiger partial charge in [0.15, 0.2) is 0 Å². The van der Waals surface area contributed by atoms with Crippen LogP contribution in [-0.2, 0) is 11.2 Å². The van der Waals surface area contributed by atoms with Crippen molar-refractivity contribution in [2.24, 2.45) is 0 Å². The maximum Gasteiger partial charge on any atom is 0.270 e. The fourth-order valence-corrected chi connectivity index (χ4v) is 4.08. The minimum atomic E-state index is -0.520. The molecule has 1 fully saturated rings. The number of nitro benzene ring substituents is 1. The van der Waals surface area contributed by atoms with Crippen LogP contribution in [-0.4, -0.2) is 43.7 Å². The van der Waals surface area contributed by atoms with Gasteiger partial charge in [-0.1, -0.05) is 6.07 Å². The molecule has 29 heavy (non-hydrogen) atoms. The molecule has 2 aromatic rings. The lowest BCUT2D eigenvalue weighted by Crippen LogP contribution is -2.40. The van der Waals surface area contributed by atoms with Crippen molar-refractivity contribution in [3.63, 3.8) is 0 Å². The van der Waals surface area contributed by atoms with Gasteiger partial charge in [0.2, 0.25) is 0 Å². The van der Waals surface area contributed by atoms with Crippen LogP contribution in [0.2, 0.25) is 0 Å². The van der Waals surface area contributed by atoms with Gasteiger partial charge in [0.05, 0.1) is 35.1 Å². The van der Waals surface area contributed by atoms with E-state index in [1.807, 2.05) is 17.9 Å². The van der Waals surface area contributed by atoms with Crippen LogP contribution in [0.4, 0.5) is 21.5 Å². The van der Waals surface area contributed by atoms with E-state index in [4.69, 9.17) is 4.74 Å². The zero-order chi connectivity index (χ0) is 20.5. The maximum absolute atomic E-state index is 14.8. The number of benzene rings is 2. The third-order valence-electron chi connectivity index (χ3n) is 5.40. The van der Waals surface area contributed by atoms with Gasteiger partial charge in [-0.15, -0.1) is 0 Å². The second-order valence-corrected chi connectivity index (χ2v) is 7.37. The molecule has 0 aliphatic carbocycles. The van der Waals surface area contributed by atoms with E-state index in [1.165, 1.54) is 23.1 Å². The number of ether oxygens (including phenoxy) is 1. The molecule has 8 heteroatoms. The van der Waals surface area contributed by atoms with Gasteiger partial charge in [-0.2, -0.15) is 0 Å². The number of hydrogen-bond acceptors (Lipinski definition) is 5. The van der Waals surface area contributed by atoms with Crippen LogP contribution in [0.25, 0.3) is 0 Å². The topological polar surface area (TPSA) is 75.9 Å². The lowest BCUT2D eigenvalue weighted by Gasteiger charge is -2.33. The first kappa shape index (κ1) is 19.3. The lowest BCUT2D eigenvalue weighted by molar-refractivity contribution is -0.384. The summed E-state index contributed by atoms with van der Waals surface area (Å²) in [6.45, 7) is 4.40. The van der Waals surface area contributed by atoms with Gasteiger partial charge >= 0.3 is 0 Å². The van der Waals surface area contributed by atoms with Crippen LogP contribution in [0.15, 0.2) is 30.3 Å². The van der Waals surface area contributed by atoms with Crippen LogP contribution in [0.1, 0.15) is 27.9 Å². The Morgan fingerprint density at radius 2 is 1.93 bits per heavy atom. The molecule has 2 aliphatic heterocycles. The summed E-state index contributed by atoms with van der Waals surface area (Å²) < 4.78 is 20.2. The van der Waals surface area contributed by atoms with Crippen LogP contribution < -0.4 is 9.80 Å². The third kappa shape index (κ3) is 3.67. The maximum atomic E-state index is 14.8. The van der Waals surface area contributed by atoms with E-state index < -0.39 is 16.6 Å². The summed E-state index contributed by atoms with van der Waals surface area (Å²) in [5.74, 6) is -0.856. The molecule has 2 heterocycles. The Bertz CT molecular complexity index is 973. The third-order valence-corrected chi connectivity index (χ3v) is 5.40. The molecule has 0 spiro atoms. The van der Waals surface area contributed by atoms with Crippen molar-refractivity contribution in [1.82, 2.24) is 0 Å². The minimum absolute atomic E-state index is 0.160. The molecule has 152 valence electrons. The van der Waals surface area contributed by atoms with Gasteiger partial charge in [0, 0.05) is 31.8 Å². The molecule has 0 atom stereocenters. The first-order valence-electron chi connectivity index (χ1n) is 9.68. The summed E-state index contributed by atoms with van der Waals surface area (Å²) in [7, 11) is 0. The number of morpholine rings is 1. The molecule has 1 saturated heterocycles. The van der Waals surface area contributed by atoms with Crippen molar-refractivity contribution in [2.45, 2.75) is 19.8 Å². The van der Waals surface area contributed by atoms with E-state index in [-0.39, 0.29) is 16.9 Å². The quantitative estimate of drug-likeness (QED) is 0.584. The Labute approximate surface area is 167 Å². The van der Waals surface area contributed by atoms with Crippen molar-refractivity contribution in [3.05, 3.63) is 63.0 Å². The SMILES string of the molecule is Cc1cc(F)c2c(c1)CCCN2C(=O)c1cc([N+](=O)[O-])ccc1N1CCOCC1. The Balaban J connectivity index is 1.79. The number of nitro groups is 1. The summed E-state index contributed by atoms with van der Waals surface area (Å²) in [4.78, 5) is 27.7. The van der Waals surface area contributed by atoms with E-state index >= 15 is 0 Å². The highest BCUT2D eigenvalue weighted by molar-refractivity contribution is 6.10. The number of fused-ring (bicyclic) bond motifs is 1. The van der Waals surface area contributed by atoms with Gasteiger partial charge in [-0.3, -0.25) is 14.9 Å². The van der Waals surface area contributed by atoms with E-state index in [0.717, 1.165) is 11.1 Å². The molecule has 2 aliphatic rings. The molecule has 0 radical (unpaired) electrons. The smallest absolute Gasteiger partial charge is 0.270 e. The second kappa shape index (κ2) is 7.79. The number of halogens is 1. The van der Waals surface area contributed by atoms with Gasteiger partial charge in [0.25, 0.3) is 11.6 Å². The van der Waals surface area contributed by atoms with E-state index in [0.29, 0.717) is 51.4 Å². The summed E-state index contributed by atoms with van der Waals surface area (Å²) in [5.41, 5.74) is 2.55. The number of carbonyl (C=O) groups is 1. The first-order valence-corrected chi connectivity index (χ1v) is 9.68. The standard InChI is InChI=1S/C21H22FN3O4/c1-14-11-15-3-2-6-24(20(15)18(22)12-14)21(26)17-13-16(25(27)28)4-5-19(17)23-7-9-29-10-8-23/h4-5,11-13H,2-3,6-10H2,1H3. The van der Waals surface area contributed by atoms with Gasteiger partial charge in [-0.05, 0) is 43.0 Å². The fraction of sp³-hybridized carbons (Fsp3) is 0.381. The fourth-order valence-electron chi connectivity index (χ4n) is 4.08.